The molecular weight excluding hydrogens is 684 g/mol. The van der Waals surface area contributed by atoms with Crippen LogP contribution in [0.5, 0.6) is 11.5 Å². The molecular formula is C30H28N6O11S2. The maximum absolute atomic E-state index is 12.3. The number of phenolic OH excluding ortho intramolecular Hbond substituents is 1. The van der Waals surface area contributed by atoms with Gasteiger partial charge in [-0.2, -0.15) is 27.1 Å². The number of rotatable bonds is 12. The van der Waals surface area contributed by atoms with Crippen LogP contribution in [-0.2, 0) is 29.8 Å². The number of benzene rings is 4. The van der Waals surface area contributed by atoms with Crippen molar-refractivity contribution < 1.29 is 50.1 Å². The van der Waals surface area contributed by atoms with Gasteiger partial charge < -0.3 is 25.6 Å². The molecule has 6 N–H and O–H groups in total. The van der Waals surface area contributed by atoms with Crippen LogP contribution < -0.4 is 15.8 Å². The van der Waals surface area contributed by atoms with E-state index in [2.05, 4.69) is 32.4 Å². The maximum atomic E-state index is 12.3. The Bertz CT molecular complexity index is 2250. The van der Waals surface area contributed by atoms with Gasteiger partial charge in [-0.25, -0.2) is 4.79 Å². The van der Waals surface area contributed by atoms with E-state index >= 15 is 0 Å². The zero-order chi connectivity index (χ0) is 36.1. The van der Waals surface area contributed by atoms with Crippen molar-refractivity contribution in [1.82, 2.24) is 5.32 Å². The SMILES string of the molecule is C=CC(=O)OCCNC(=O)c1ccc(N=Nc2cc(OC)c(N=Nc3c(S(=O)(=O)O)cc4cc(S(=O)(=O)O)c(N)cc4c3O)cc2C)cc1. The predicted octanol–water partition coefficient (Wildman–Crippen LogP) is 5.23. The number of azo groups is 2. The first-order chi connectivity index (χ1) is 23.0. The van der Waals surface area contributed by atoms with Crippen LogP contribution in [0.2, 0.25) is 0 Å². The van der Waals surface area contributed by atoms with E-state index in [4.69, 9.17) is 15.2 Å². The Balaban J connectivity index is 1.60. The third kappa shape index (κ3) is 8.59. The molecule has 0 aliphatic heterocycles. The molecule has 0 aliphatic rings. The number of methoxy groups -OCH3 is 1. The van der Waals surface area contributed by atoms with Gasteiger partial charge in [0.25, 0.3) is 26.1 Å². The minimum Gasteiger partial charge on any atom is -0.505 e. The van der Waals surface area contributed by atoms with E-state index in [0.29, 0.717) is 22.5 Å². The van der Waals surface area contributed by atoms with Gasteiger partial charge in [0, 0.05) is 23.1 Å². The van der Waals surface area contributed by atoms with Crippen molar-refractivity contribution in [2.24, 2.45) is 20.5 Å². The van der Waals surface area contributed by atoms with E-state index in [1.54, 1.807) is 19.1 Å². The number of fused-ring (bicyclic) bond motifs is 1. The average Bonchev–Trinajstić information content (AvgIpc) is 3.04. The van der Waals surface area contributed by atoms with Gasteiger partial charge in [-0.05, 0) is 66.4 Å². The summed E-state index contributed by atoms with van der Waals surface area (Å²) in [5, 5.41) is 29.4. The molecule has 0 aromatic heterocycles. The van der Waals surface area contributed by atoms with Gasteiger partial charge in [-0.15, -0.1) is 10.2 Å². The quantitative estimate of drug-likeness (QED) is 0.0316. The maximum Gasteiger partial charge on any atom is 0.330 e. The summed E-state index contributed by atoms with van der Waals surface area (Å²) < 4.78 is 77.3. The Morgan fingerprint density at radius 3 is 2.16 bits per heavy atom. The van der Waals surface area contributed by atoms with Crippen LogP contribution in [0, 0.1) is 6.92 Å². The van der Waals surface area contributed by atoms with Crippen molar-refractivity contribution in [2.45, 2.75) is 16.7 Å². The minimum absolute atomic E-state index is 0.0123. The Hall–Kier alpha value is -5.76. The highest BCUT2D eigenvalue weighted by atomic mass is 32.2. The fraction of sp³-hybridized carbons (Fsp3) is 0.133. The third-order valence-corrected chi connectivity index (χ3v) is 8.47. The minimum atomic E-state index is -5.05. The molecule has 0 saturated carbocycles. The summed E-state index contributed by atoms with van der Waals surface area (Å²) in [6, 6.07) is 11.8. The number of ether oxygens (including phenoxy) is 2. The zero-order valence-corrected chi connectivity index (χ0v) is 27.3. The molecule has 256 valence electrons. The van der Waals surface area contributed by atoms with Crippen molar-refractivity contribution in [2.75, 3.05) is 26.0 Å². The van der Waals surface area contributed by atoms with E-state index in [1.165, 1.54) is 31.4 Å². The Kier molecular flexibility index (Phi) is 10.7. The van der Waals surface area contributed by atoms with Gasteiger partial charge in [0.05, 0.1) is 30.7 Å². The highest BCUT2D eigenvalue weighted by molar-refractivity contribution is 7.86. The van der Waals surface area contributed by atoms with Gasteiger partial charge in [0.15, 0.2) is 5.75 Å². The van der Waals surface area contributed by atoms with Crippen LogP contribution in [0.3, 0.4) is 0 Å². The van der Waals surface area contributed by atoms with Crippen molar-refractivity contribution in [1.29, 1.82) is 0 Å². The summed E-state index contributed by atoms with van der Waals surface area (Å²) in [6.45, 7) is 5.05. The van der Waals surface area contributed by atoms with Crippen LogP contribution in [0.4, 0.5) is 28.4 Å². The van der Waals surface area contributed by atoms with Gasteiger partial charge in [-0.1, -0.05) is 6.58 Å². The summed E-state index contributed by atoms with van der Waals surface area (Å²) in [5.41, 5.74) is 6.27. The van der Waals surface area contributed by atoms with Crippen LogP contribution in [0.1, 0.15) is 15.9 Å². The lowest BCUT2D eigenvalue weighted by molar-refractivity contribution is -0.137. The molecule has 49 heavy (non-hydrogen) atoms. The van der Waals surface area contributed by atoms with Crippen molar-refractivity contribution in [3.63, 3.8) is 0 Å². The molecule has 0 spiro atoms. The first-order valence-electron chi connectivity index (χ1n) is 13.8. The number of aryl methyl sites for hydroxylation is 1. The monoisotopic (exact) mass is 712 g/mol. The first kappa shape index (κ1) is 36.1. The zero-order valence-electron chi connectivity index (χ0n) is 25.7. The van der Waals surface area contributed by atoms with Gasteiger partial charge in [0.1, 0.15) is 33.5 Å². The Labute approximate surface area is 279 Å². The number of nitrogens with zero attached hydrogens (tertiary/aromatic N) is 4. The van der Waals surface area contributed by atoms with E-state index in [1.807, 2.05) is 0 Å². The van der Waals surface area contributed by atoms with E-state index in [9.17, 15) is 40.6 Å². The topological polar surface area (TPSA) is 269 Å². The molecule has 0 heterocycles. The van der Waals surface area contributed by atoms with Crippen LogP contribution in [-0.4, -0.2) is 63.2 Å². The molecule has 0 saturated heterocycles. The molecule has 0 aliphatic carbocycles. The second-order valence-electron chi connectivity index (χ2n) is 10.0. The summed E-state index contributed by atoms with van der Waals surface area (Å²) in [7, 11) is -8.53. The molecule has 0 unspecified atom stereocenters. The molecule has 0 radical (unpaired) electrons. The van der Waals surface area contributed by atoms with Gasteiger partial charge in [0.2, 0.25) is 0 Å². The molecule has 0 fully saturated rings. The third-order valence-electron chi connectivity index (χ3n) is 6.69. The lowest BCUT2D eigenvalue weighted by Gasteiger charge is -2.12. The van der Waals surface area contributed by atoms with Gasteiger partial charge >= 0.3 is 5.97 Å². The number of nitrogens with two attached hydrogens (primary N) is 1. The largest absolute Gasteiger partial charge is 0.505 e. The molecule has 4 rings (SSSR count). The first-order valence-corrected chi connectivity index (χ1v) is 16.6. The number of aromatic hydroxyl groups is 1. The Morgan fingerprint density at radius 2 is 1.55 bits per heavy atom. The highest BCUT2D eigenvalue weighted by Gasteiger charge is 2.25. The molecule has 4 aromatic carbocycles. The number of anilines is 1. The summed E-state index contributed by atoms with van der Waals surface area (Å²) in [6.07, 6.45) is 1.02. The fourth-order valence-corrected chi connectivity index (χ4v) is 5.58. The van der Waals surface area contributed by atoms with E-state index in [-0.39, 0.29) is 41.3 Å². The van der Waals surface area contributed by atoms with Gasteiger partial charge in [-0.3, -0.25) is 13.9 Å². The van der Waals surface area contributed by atoms with Crippen molar-refractivity contribution in [3.8, 4) is 11.5 Å². The standard InChI is InChI=1S/C30H28N6O11S2/c1-4-27(37)47-10-9-32-30(39)17-5-7-19(8-6-17)33-34-22-15-24(46-3)23(11-16(22)2)35-36-28-26(49(43,44)45)13-18-12-25(48(40,41)42)21(31)14-20(18)29(28)38/h4-8,11-15,38H,1,9-10,31H2,2-3H3,(H,32,39)(H,40,41,42)(H,43,44,45). The molecule has 4 aromatic rings. The second kappa shape index (κ2) is 14.6. The summed E-state index contributed by atoms with van der Waals surface area (Å²) in [4.78, 5) is 21.7. The van der Waals surface area contributed by atoms with Crippen LogP contribution >= 0.6 is 0 Å². The summed E-state index contributed by atoms with van der Waals surface area (Å²) in [5.74, 6) is -1.67. The van der Waals surface area contributed by atoms with E-state index < -0.39 is 53.1 Å². The molecule has 19 heteroatoms. The average molecular weight is 713 g/mol. The second-order valence-corrected chi connectivity index (χ2v) is 12.8. The van der Waals surface area contributed by atoms with Crippen molar-refractivity contribution in [3.05, 3.63) is 78.4 Å². The fourth-order valence-electron chi connectivity index (χ4n) is 4.29. The highest BCUT2D eigenvalue weighted by Crippen LogP contribution is 2.44. The number of hydrogen-bond donors (Lipinski definition) is 5. The number of amides is 1. The van der Waals surface area contributed by atoms with Crippen molar-refractivity contribution >= 4 is 71.3 Å². The number of esters is 1. The number of nitrogen functional groups attached to an aromatic ring is 1. The lowest BCUT2D eigenvalue weighted by Crippen LogP contribution is -2.27. The molecule has 17 nitrogen and oxygen atoms in total. The molecule has 0 atom stereocenters. The molecule has 0 bridgehead atoms. The number of carbonyl (C=O) groups is 2. The van der Waals surface area contributed by atoms with Crippen LogP contribution in [0.15, 0.2) is 97.5 Å². The van der Waals surface area contributed by atoms with Crippen LogP contribution in [0.25, 0.3) is 10.8 Å². The smallest absolute Gasteiger partial charge is 0.330 e. The predicted molar refractivity (Wildman–Crippen MR) is 176 cm³/mol. The Morgan fingerprint density at radius 1 is 0.918 bits per heavy atom. The molecule has 1 amide bonds. The number of phenols is 1. The number of nitrogens with one attached hydrogen (secondary N) is 1. The van der Waals surface area contributed by atoms with E-state index in [0.717, 1.165) is 24.3 Å². The summed E-state index contributed by atoms with van der Waals surface area (Å²) >= 11 is 0. The normalized spacial score (nSPS) is 12.0. The lowest BCUT2D eigenvalue weighted by atomic mass is 10.1. The number of hydrogen-bond acceptors (Lipinski definition) is 14. The number of carbonyl (C=O) groups excluding carboxylic acids is 2.